The summed E-state index contributed by atoms with van der Waals surface area (Å²) in [6.07, 6.45) is -0.176. The zero-order valence-electron chi connectivity index (χ0n) is 17.2. The number of amides is 1. The lowest BCUT2D eigenvalue weighted by atomic mass is 9.83. The fourth-order valence-electron chi connectivity index (χ4n) is 3.69. The van der Waals surface area contributed by atoms with Crippen molar-refractivity contribution in [1.82, 2.24) is 4.90 Å². The second-order valence-electron chi connectivity index (χ2n) is 7.52. The lowest BCUT2D eigenvalue weighted by Gasteiger charge is -2.35. The number of halogens is 1. The van der Waals surface area contributed by atoms with Crippen LogP contribution in [0, 0.1) is 11.3 Å². The zero-order chi connectivity index (χ0) is 21.8. The number of rotatable bonds is 5. The van der Waals surface area contributed by atoms with E-state index in [0.29, 0.717) is 21.9 Å². The number of ether oxygens (including phenoxy) is 1. The lowest BCUT2D eigenvalue weighted by molar-refractivity contribution is -0.143. The molecule has 0 radical (unpaired) electrons. The summed E-state index contributed by atoms with van der Waals surface area (Å²) in [5.74, 6) is -1.03. The standard InChI is InChI=1S/C24H23ClN2O3/c1-15(2)30-24(29)23-16(3)27(14-18-8-6-7-17(11-18)13-26)22(28)12-20(23)19-9-4-5-10-21(19)25/h4-11,15,20H,12,14H2,1-3H3. The number of nitrogens with zero attached hydrogens (tertiary/aromatic N) is 2. The number of benzene rings is 2. The molecule has 1 aliphatic rings. The molecule has 154 valence electrons. The van der Waals surface area contributed by atoms with Gasteiger partial charge in [0.05, 0.1) is 29.9 Å². The molecule has 1 aliphatic heterocycles. The maximum Gasteiger partial charge on any atom is 0.336 e. The van der Waals surface area contributed by atoms with Gasteiger partial charge in [0.2, 0.25) is 5.91 Å². The van der Waals surface area contributed by atoms with E-state index in [1.54, 1.807) is 49.9 Å². The summed E-state index contributed by atoms with van der Waals surface area (Å²) in [4.78, 5) is 27.7. The van der Waals surface area contributed by atoms with Gasteiger partial charge < -0.3 is 9.64 Å². The van der Waals surface area contributed by atoms with Gasteiger partial charge in [-0.05, 0) is 50.1 Å². The van der Waals surface area contributed by atoms with Gasteiger partial charge in [0.15, 0.2) is 0 Å². The third-order valence-corrected chi connectivity index (χ3v) is 5.41. The Labute approximate surface area is 181 Å². The summed E-state index contributed by atoms with van der Waals surface area (Å²) in [6.45, 7) is 5.61. The molecule has 0 bridgehead atoms. The molecule has 0 aliphatic carbocycles. The molecule has 1 amide bonds. The van der Waals surface area contributed by atoms with E-state index in [0.717, 1.165) is 11.1 Å². The summed E-state index contributed by atoms with van der Waals surface area (Å²) in [5.41, 5.74) is 3.05. The van der Waals surface area contributed by atoms with Crippen LogP contribution in [0.2, 0.25) is 5.02 Å². The number of nitriles is 1. The molecule has 0 fully saturated rings. The minimum absolute atomic E-state index is 0.110. The predicted molar refractivity (Wildman–Crippen MR) is 114 cm³/mol. The normalized spacial score (nSPS) is 16.6. The van der Waals surface area contributed by atoms with Crippen molar-refractivity contribution in [2.24, 2.45) is 0 Å². The van der Waals surface area contributed by atoms with Crippen LogP contribution in [0.1, 0.15) is 49.8 Å². The number of esters is 1. The van der Waals surface area contributed by atoms with Gasteiger partial charge in [-0.1, -0.05) is 41.9 Å². The van der Waals surface area contributed by atoms with Crippen LogP contribution in [-0.4, -0.2) is 22.9 Å². The minimum Gasteiger partial charge on any atom is -0.460 e. The van der Waals surface area contributed by atoms with Crippen molar-refractivity contribution in [3.63, 3.8) is 0 Å². The molecule has 2 aromatic rings. The first-order valence-electron chi connectivity index (χ1n) is 9.77. The van der Waals surface area contributed by atoms with Crippen molar-refractivity contribution in [2.75, 3.05) is 0 Å². The van der Waals surface area contributed by atoms with Crippen LogP contribution in [0.4, 0.5) is 0 Å². The van der Waals surface area contributed by atoms with E-state index in [9.17, 15) is 9.59 Å². The van der Waals surface area contributed by atoms with Gasteiger partial charge in [-0.25, -0.2) is 4.79 Å². The van der Waals surface area contributed by atoms with Crippen molar-refractivity contribution in [3.05, 3.63) is 81.5 Å². The van der Waals surface area contributed by atoms with E-state index in [4.69, 9.17) is 21.6 Å². The molecule has 2 aromatic carbocycles. The summed E-state index contributed by atoms with van der Waals surface area (Å²) in [6, 6.07) is 16.4. The molecule has 1 heterocycles. The second-order valence-corrected chi connectivity index (χ2v) is 7.93. The predicted octanol–water partition coefficient (Wildman–Crippen LogP) is 4.95. The van der Waals surface area contributed by atoms with E-state index in [2.05, 4.69) is 6.07 Å². The highest BCUT2D eigenvalue weighted by Gasteiger charge is 2.38. The number of carbonyl (C=O) groups is 2. The SMILES string of the molecule is CC1=C(C(=O)OC(C)C)C(c2ccccc2Cl)CC(=O)N1Cc1cccc(C#N)c1. The zero-order valence-corrected chi connectivity index (χ0v) is 17.9. The van der Waals surface area contributed by atoms with Crippen LogP contribution in [0.5, 0.6) is 0 Å². The minimum atomic E-state index is -0.473. The Kier molecular flexibility index (Phi) is 6.59. The van der Waals surface area contributed by atoms with Crippen LogP contribution >= 0.6 is 11.6 Å². The van der Waals surface area contributed by atoms with Gasteiger partial charge in [-0.3, -0.25) is 4.79 Å². The van der Waals surface area contributed by atoms with Crippen molar-refractivity contribution in [3.8, 4) is 6.07 Å². The average Bonchev–Trinajstić information content (AvgIpc) is 2.70. The van der Waals surface area contributed by atoms with Gasteiger partial charge >= 0.3 is 5.97 Å². The molecule has 0 saturated carbocycles. The van der Waals surface area contributed by atoms with E-state index in [1.807, 2.05) is 24.3 Å². The Morgan fingerprint density at radius 1 is 1.27 bits per heavy atom. The quantitative estimate of drug-likeness (QED) is 0.639. The Morgan fingerprint density at radius 3 is 2.67 bits per heavy atom. The van der Waals surface area contributed by atoms with Crippen molar-refractivity contribution in [1.29, 1.82) is 5.26 Å². The van der Waals surface area contributed by atoms with Gasteiger partial charge in [0.1, 0.15) is 0 Å². The summed E-state index contributed by atoms with van der Waals surface area (Å²) >= 11 is 6.40. The Morgan fingerprint density at radius 2 is 2.00 bits per heavy atom. The van der Waals surface area contributed by atoms with Gasteiger partial charge in [-0.15, -0.1) is 0 Å². The molecule has 0 saturated heterocycles. The number of carbonyl (C=O) groups excluding carboxylic acids is 2. The number of hydrogen-bond donors (Lipinski definition) is 0. The molecule has 6 heteroatoms. The first-order chi connectivity index (χ1) is 14.3. The summed E-state index contributed by atoms with van der Waals surface area (Å²) in [7, 11) is 0. The third-order valence-electron chi connectivity index (χ3n) is 5.06. The monoisotopic (exact) mass is 422 g/mol. The summed E-state index contributed by atoms with van der Waals surface area (Å²) in [5, 5.41) is 9.65. The summed E-state index contributed by atoms with van der Waals surface area (Å²) < 4.78 is 5.50. The molecular formula is C24H23ClN2O3. The van der Waals surface area contributed by atoms with Gasteiger partial charge in [-0.2, -0.15) is 5.26 Å². The molecular weight excluding hydrogens is 400 g/mol. The topological polar surface area (TPSA) is 70.4 Å². The molecule has 3 rings (SSSR count). The third kappa shape index (κ3) is 4.55. The molecule has 0 N–H and O–H groups in total. The highest BCUT2D eigenvalue weighted by Crippen LogP contribution is 2.40. The first kappa shape index (κ1) is 21.6. The average molecular weight is 423 g/mol. The van der Waals surface area contributed by atoms with Crippen molar-refractivity contribution >= 4 is 23.5 Å². The molecule has 1 unspecified atom stereocenters. The molecule has 30 heavy (non-hydrogen) atoms. The molecule has 1 atom stereocenters. The Hall–Kier alpha value is -3.10. The van der Waals surface area contributed by atoms with E-state index < -0.39 is 11.9 Å². The number of hydrogen-bond acceptors (Lipinski definition) is 4. The first-order valence-corrected chi connectivity index (χ1v) is 10.1. The van der Waals surface area contributed by atoms with Crippen molar-refractivity contribution < 1.29 is 14.3 Å². The Bertz CT molecular complexity index is 1050. The van der Waals surface area contributed by atoms with E-state index >= 15 is 0 Å². The maximum atomic E-state index is 13.1. The fraction of sp³-hybridized carbons (Fsp3) is 0.292. The Balaban J connectivity index is 2.06. The second kappa shape index (κ2) is 9.15. The fourth-order valence-corrected chi connectivity index (χ4v) is 3.96. The lowest BCUT2D eigenvalue weighted by Crippen LogP contribution is -2.38. The van der Waals surface area contributed by atoms with Gasteiger partial charge in [0.25, 0.3) is 0 Å². The van der Waals surface area contributed by atoms with Crippen LogP contribution in [-0.2, 0) is 20.9 Å². The smallest absolute Gasteiger partial charge is 0.336 e. The van der Waals surface area contributed by atoms with E-state index in [-0.39, 0.29) is 25.0 Å². The molecule has 0 aromatic heterocycles. The molecule has 5 nitrogen and oxygen atoms in total. The van der Waals surface area contributed by atoms with Crippen LogP contribution in [0.25, 0.3) is 0 Å². The van der Waals surface area contributed by atoms with Crippen LogP contribution in [0.15, 0.2) is 59.8 Å². The van der Waals surface area contributed by atoms with Crippen molar-refractivity contribution in [2.45, 2.75) is 45.8 Å². The largest absolute Gasteiger partial charge is 0.460 e. The van der Waals surface area contributed by atoms with E-state index in [1.165, 1.54) is 0 Å². The van der Waals surface area contributed by atoms with Crippen LogP contribution in [0.3, 0.4) is 0 Å². The highest BCUT2D eigenvalue weighted by molar-refractivity contribution is 6.31. The molecule has 0 spiro atoms. The number of allylic oxidation sites excluding steroid dienone is 1. The maximum absolute atomic E-state index is 13.1. The van der Waals surface area contributed by atoms with Gasteiger partial charge in [0, 0.05) is 23.1 Å². The highest BCUT2D eigenvalue weighted by atomic mass is 35.5. The van der Waals surface area contributed by atoms with Crippen LogP contribution < -0.4 is 0 Å².